The van der Waals surface area contributed by atoms with Crippen LogP contribution in [0.4, 0.5) is 4.79 Å². The first-order valence-electron chi connectivity index (χ1n) is 8.65. The van der Waals surface area contributed by atoms with Crippen LogP contribution >= 0.6 is 0 Å². The zero-order valence-corrected chi connectivity index (χ0v) is 14.3. The van der Waals surface area contributed by atoms with Crippen LogP contribution in [0, 0.1) is 0 Å². The van der Waals surface area contributed by atoms with Crippen LogP contribution in [-0.2, 0) is 16.0 Å². The van der Waals surface area contributed by atoms with Crippen molar-refractivity contribution in [3.63, 3.8) is 0 Å². The lowest BCUT2D eigenvalue weighted by Gasteiger charge is -2.04. The Morgan fingerprint density at radius 1 is 1.13 bits per heavy atom. The summed E-state index contributed by atoms with van der Waals surface area (Å²) >= 11 is 0. The van der Waals surface area contributed by atoms with Gasteiger partial charge >= 0.3 is 12.0 Å². The molecule has 1 heterocycles. The van der Waals surface area contributed by atoms with Gasteiger partial charge in [0.1, 0.15) is 6.54 Å². The molecule has 0 atom stereocenters. The normalized spacial score (nSPS) is 10.5. The van der Waals surface area contributed by atoms with E-state index in [0.29, 0.717) is 6.61 Å². The van der Waals surface area contributed by atoms with Gasteiger partial charge in [-0.1, -0.05) is 45.4 Å². The van der Waals surface area contributed by atoms with Crippen LogP contribution in [0.3, 0.4) is 0 Å². The molecule has 0 radical (unpaired) electrons. The fraction of sp³-hybridized carbons (Fsp3) is 0.706. The number of ether oxygens (including phenoxy) is 1. The summed E-state index contributed by atoms with van der Waals surface area (Å²) in [5, 5.41) is 6.71. The second kappa shape index (κ2) is 11.7. The Labute approximate surface area is 138 Å². The summed E-state index contributed by atoms with van der Waals surface area (Å²) in [4.78, 5) is 23.0. The van der Waals surface area contributed by atoms with Crippen LogP contribution in [0.25, 0.3) is 0 Å². The molecule has 0 saturated heterocycles. The highest BCUT2D eigenvalue weighted by molar-refractivity contribution is 5.81. The third kappa shape index (κ3) is 8.38. The topological polar surface area (TPSA) is 73.2 Å². The molecule has 0 aromatic carbocycles. The molecule has 0 aliphatic rings. The molecule has 0 spiro atoms. The minimum absolute atomic E-state index is 0.139. The quantitative estimate of drug-likeness (QED) is 0.501. The number of unbranched alkanes of at least 4 members (excludes halogenated alkanes) is 6. The molecule has 1 aromatic rings. The number of nitrogens with zero attached hydrogens (tertiary/aromatic N) is 2. The van der Waals surface area contributed by atoms with Crippen molar-refractivity contribution in [1.82, 2.24) is 15.1 Å². The third-order valence-electron chi connectivity index (χ3n) is 3.58. The number of esters is 1. The van der Waals surface area contributed by atoms with E-state index in [1.165, 1.54) is 43.2 Å². The Hall–Kier alpha value is -1.85. The summed E-state index contributed by atoms with van der Waals surface area (Å²) in [6.45, 7) is 4.11. The van der Waals surface area contributed by atoms with E-state index in [9.17, 15) is 9.59 Å². The van der Waals surface area contributed by atoms with E-state index < -0.39 is 12.0 Å². The first kappa shape index (κ1) is 19.2. The molecule has 23 heavy (non-hydrogen) atoms. The Morgan fingerprint density at radius 3 is 2.52 bits per heavy atom. The third-order valence-corrected chi connectivity index (χ3v) is 3.58. The van der Waals surface area contributed by atoms with Crippen molar-refractivity contribution in [2.24, 2.45) is 0 Å². The number of nitrogens with one attached hydrogen (secondary N) is 1. The zero-order valence-electron chi connectivity index (χ0n) is 14.3. The average molecular weight is 323 g/mol. The lowest BCUT2D eigenvalue weighted by Crippen LogP contribution is -2.34. The molecule has 1 amide bonds. The number of rotatable bonds is 11. The van der Waals surface area contributed by atoms with Crippen LogP contribution in [-0.4, -0.2) is 34.9 Å². The Bertz CT molecular complexity index is 471. The molecule has 0 bridgehead atoms. The van der Waals surface area contributed by atoms with Crippen LogP contribution in [0.15, 0.2) is 12.3 Å². The number of aryl methyl sites for hydroxylation is 1. The van der Waals surface area contributed by atoms with Gasteiger partial charge in [-0.2, -0.15) is 9.78 Å². The number of hydrogen-bond donors (Lipinski definition) is 1. The fourth-order valence-electron chi connectivity index (χ4n) is 2.31. The smallest absolute Gasteiger partial charge is 0.342 e. The molecule has 0 unspecified atom stereocenters. The first-order chi connectivity index (χ1) is 11.2. The van der Waals surface area contributed by atoms with Crippen molar-refractivity contribution in [3.05, 3.63) is 18.0 Å². The van der Waals surface area contributed by atoms with Crippen molar-refractivity contribution in [2.45, 2.75) is 65.2 Å². The van der Waals surface area contributed by atoms with Crippen LogP contribution in [0.1, 0.15) is 64.5 Å². The highest BCUT2D eigenvalue weighted by Gasteiger charge is 2.09. The minimum Gasteiger partial charge on any atom is -0.465 e. The van der Waals surface area contributed by atoms with Crippen molar-refractivity contribution in [1.29, 1.82) is 0 Å². The summed E-state index contributed by atoms with van der Waals surface area (Å²) in [6.07, 6.45) is 11.3. The molecule has 1 N–H and O–H groups in total. The molecule has 0 aliphatic carbocycles. The van der Waals surface area contributed by atoms with Gasteiger partial charge in [0, 0.05) is 6.20 Å². The van der Waals surface area contributed by atoms with E-state index in [4.69, 9.17) is 4.74 Å². The monoisotopic (exact) mass is 323 g/mol. The summed E-state index contributed by atoms with van der Waals surface area (Å²) in [5.41, 5.74) is 0.907. The van der Waals surface area contributed by atoms with Gasteiger partial charge in [-0.3, -0.25) is 4.79 Å². The maximum absolute atomic E-state index is 11.8. The summed E-state index contributed by atoms with van der Waals surface area (Å²) in [5.74, 6) is -0.448. The molecular weight excluding hydrogens is 294 g/mol. The molecule has 6 heteroatoms. The van der Waals surface area contributed by atoms with Gasteiger partial charge in [-0.15, -0.1) is 0 Å². The van der Waals surface area contributed by atoms with Gasteiger partial charge in [-0.05, 0) is 25.8 Å². The van der Waals surface area contributed by atoms with Crippen LogP contribution < -0.4 is 5.32 Å². The van der Waals surface area contributed by atoms with Gasteiger partial charge in [0.05, 0.1) is 12.3 Å². The lowest BCUT2D eigenvalue weighted by atomic mass is 10.1. The molecular formula is C17H29N3O3. The largest absolute Gasteiger partial charge is 0.465 e. The highest BCUT2D eigenvalue weighted by Crippen LogP contribution is 2.09. The predicted octanol–water partition coefficient (Wildman–Crippen LogP) is 3.30. The summed E-state index contributed by atoms with van der Waals surface area (Å²) in [6, 6.07) is 1.44. The number of aromatic nitrogens is 2. The zero-order chi connectivity index (χ0) is 16.9. The van der Waals surface area contributed by atoms with E-state index >= 15 is 0 Å². The Morgan fingerprint density at radius 2 is 1.83 bits per heavy atom. The number of amides is 1. The molecule has 1 aromatic heterocycles. The van der Waals surface area contributed by atoms with E-state index in [2.05, 4.69) is 17.3 Å². The highest BCUT2D eigenvalue weighted by atomic mass is 16.5. The fourth-order valence-corrected chi connectivity index (χ4v) is 2.31. The van der Waals surface area contributed by atoms with Gasteiger partial charge < -0.3 is 10.1 Å². The SMILES string of the molecule is CCCCCCCCCc1ccn(C(=O)NCC(=O)OCC)n1. The van der Waals surface area contributed by atoms with Gasteiger partial charge in [0.25, 0.3) is 0 Å². The second-order valence-electron chi connectivity index (χ2n) is 5.59. The average Bonchev–Trinajstić information content (AvgIpc) is 3.01. The van der Waals surface area contributed by atoms with E-state index in [-0.39, 0.29) is 6.54 Å². The maximum atomic E-state index is 11.8. The van der Waals surface area contributed by atoms with Crippen LogP contribution in [0.5, 0.6) is 0 Å². The standard InChI is InChI=1S/C17H29N3O3/c1-3-5-6-7-8-9-10-11-15-12-13-20(19-15)17(22)18-14-16(21)23-4-2/h12-13H,3-11,14H2,1-2H3,(H,18,22). The molecule has 0 saturated carbocycles. The molecule has 6 nitrogen and oxygen atoms in total. The van der Waals surface area contributed by atoms with Gasteiger partial charge in [0.15, 0.2) is 0 Å². The second-order valence-corrected chi connectivity index (χ2v) is 5.59. The first-order valence-corrected chi connectivity index (χ1v) is 8.65. The maximum Gasteiger partial charge on any atom is 0.342 e. The summed E-state index contributed by atoms with van der Waals surface area (Å²) in [7, 11) is 0. The van der Waals surface area contributed by atoms with E-state index in [1.807, 2.05) is 6.07 Å². The lowest BCUT2D eigenvalue weighted by molar-refractivity contribution is -0.141. The van der Waals surface area contributed by atoms with Gasteiger partial charge in [-0.25, -0.2) is 4.79 Å². The van der Waals surface area contributed by atoms with Crippen molar-refractivity contribution < 1.29 is 14.3 Å². The number of hydrogen-bond acceptors (Lipinski definition) is 4. The number of carbonyl (C=O) groups is 2. The van der Waals surface area contributed by atoms with Crippen molar-refractivity contribution >= 4 is 12.0 Å². The molecule has 130 valence electrons. The van der Waals surface area contributed by atoms with Crippen molar-refractivity contribution in [3.8, 4) is 0 Å². The van der Waals surface area contributed by atoms with E-state index in [0.717, 1.165) is 18.5 Å². The van der Waals surface area contributed by atoms with Crippen molar-refractivity contribution in [2.75, 3.05) is 13.2 Å². The molecule has 1 rings (SSSR count). The number of carbonyl (C=O) groups excluding carboxylic acids is 2. The van der Waals surface area contributed by atoms with Gasteiger partial charge in [0.2, 0.25) is 0 Å². The Kier molecular flexibility index (Phi) is 9.75. The predicted molar refractivity (Wildman–Crippen MR) is 89.4 cm³/mol. The van der Waals surface area contributed by atoms with E-state index in [1.54, 1.807) is 13.1 Å². The van der Waals surface area contributed by atoms with Crippen LogP contribution in [0.2, 0.25) is 0 Å². The molecule has 0 fully saturated rings. The minimum atomic E-state index is -0.448. The Balaban J connectivity index is 2.20. The molecule has 0 aliphatic heterocycles. The summed E-state index contributed by atoms with van der Waals surface area (Å²) < 4.78 is 5.98.